The van der Waals surface area contributed by atoms with Crippen molar-refractivity contribution in [1.29, 1.82) is 0 Å². The van der Waals surface area contributed by atoms with E-state index in [0.29, 0.717) is 29.4 Å². The van der Waals surface area contributed by atoms with E-state index in [1.807, 2.05) is 24.3 Å². The number of benzene rings is 3. The Morgan fingerprint density at radius 2 is 1.60 bits per heavy atom. The lowest BCUT2D eigenvalue weighted by Gasteiger charge is -2.23. The first-order valence-corrected chi connectivity index (χ1v) is 12.6. The molecule has 0 atom stereocenters. The maximum Gasteiger partial charge on any atom is 0.341 e. The summed E-state index contributed by atoms with van der Waals surface area (Å²) < 4.78 is 11.0. The summed E-state index contributed by atoms with van der Waals surface area (Å²) in [5.74, 6) is 0.222. The molecular formula is C30H31NO4. The molecule has 1 aliphatic heterocycles. The van der Waals surface area contributed by atoms with Gasteiger partial charge in [0.2, 0.25) is 5.90 Å². The molecule has 0 unspecified atom stereocenters. The molecule has 1 aliphatic carbocycles. The highest BCUT2D eigenvalue weighted by atomic mass is 16.6. The first-order chi connectivity index (χ1) is 17.0. The summed E-state index contributed by atoms with van der Waals surface area (Å²) in [5, 5.41) is 4.41. The number of hydrogen-bond donors (Lipinski definition) is 0. The van der Waals surface area contributed by atoms with E-state index >= 15 is 0 Å². The lowest BCUT2D eigenvalue weighted by Crippen LogP contribution is -2.19. The molecule has 0 radical (unpaired) electrons. The molecule has 0 saturated heterocycles. The van der Waals surface area contributed by atoms with Crippen LogP contribution >= 0.6 is 0 Å². The largest absolute Gasteiger partial charge is 0.466 e. The molecule has 0 amide bonds. The van der Waals surface area contributed by atoms with E-state index in [9.17, 15) is 9.59 Å². The summed E-state index contributed by atoms with van der Waals surface area (Å²) >= 11 is 0. The van der Waals surface area contributed by atoms with Crippen molar-refractivity contribution in [3.63, 3.8) is 0 Å². The van der Waals surface area contributed by atoms with Crippen LogP contribution < -0.4 is 0 Å². The lowest BCUT2D eigenvalue weighted by atomic mass is 9.87. The van der Waals surface area contributed by atoms with Crippen LogP contribution in [0.1, 0.15) is 51.5 Å². The lowest BCUT2D eigenvalue weighted by molar-refractivity contribution is -0.142. The van der Waals surface area contributed by atoms with Crippen molar-refractivity contribution in [3.8, 4) is 0 Å². The molecule has 5 heteroatoms. The number of aliphatic imine (C=N–C) groups is 1. The van der Waals surface area contributed by atoms with Crippen LogP contribution in [-0.4, -0.2) is 30.5 Å². The van der Waals surface area contributed by atoms with Crippen LogP contribution in [0.25, 0.3) is 21.5 Å². The molecule has 0 aromatic heterocycles. The van der Waals surface area contributed by atoms with Crippen molar-refractivity contribution >= 4 is 39.4 Å². The SMILES string of the molecule is CCOC(=O)CC1=C(Cc2c3ccccc3cc3ccccc23)C(=O)OC1=NC1CCC(C)CC1. The van der Waals surface area contributed by atoms with Gasteiger partial charge in [-0.1, -0.05) is 55.5 Å². The average molecular weight is 470 g/mol. The fourth-order valence-electron chi connectivity index (χ4n) is 5.30. The Kier molecular flexibility index (Phi) is 6.67. The number of ether oxygens (including phenoxy) is 2. The molecule has 0 spiro atoms. The van der Waals surface area contributed by atoms with E-state index in [4.69, 9.17) is 14.5 Å². The Morgan fingerprint density at radius 3 is 2.23 bits per heavy atom. The van der Waals surface area contributed by atoms with Crippen LogP contribution in [0.3, 0.4) is 0 Å². The van der Waals surface area contributed by atoms with Crippen LogP contribution in [0.2, 0.25) is 0 Å². The standard InChI is InChI=1S/C30H31NO4/c1-3-34-28(32)18-26-27(30(33)35-29(26)31-22-14-12-19(2)13-15-22)17-25-23-10-6-4-8-20(23)16-21-9-5-7-11-24(21)25/h4-11,16,19,22H,3,12-15,17-18H2,1-2H3. The molecule has 3 aromatic rings. The van der Waals surface area contributed by atoms with Crippen molar-refractivity contribution in [2.45, 2.75) is 58.4 Å². The normalized spacial score (nSPS) is 21.7. The van der Waals surface area contributed by atoms with Crippen molar-refractivity contribution in [1.82, 2.24) is 0 Å². The number of cyclic esters (lactones) is 1. The van der Waals surface area contributed by atoms with Crippen LogP contribution in [0.15, 0.2) is 70.7 Å². The Balaban J connectivity index is 1.60. The minimum atomic E-state index is -0.413. The third-order valence-corrected chi connectivity index (χ3v) is 7.21. The molecule has 1 heterocycles. The predicted octanol–water partition coefficient (Wildman–Crippen LogP) is 6.32. The van der Waals surface area contributed by atoms with Gasteiger partial charge in [0.05, 0.1) is 24.6 Å². The molecule has 5 nitrogen and oxygen atoms in total. The summed E-state index contributed by atoms with van der Waals surface area (Å²) in [7, 11) is 0. The topological polar surface area (TPSA) is 65.0 Å². The molecular weight excluding hydrogens is 438 g/mol. The molecule has 2 aliphatic rings. The summed E-state index contributed by atoms with van der Waals surface area (Å²) in [6.07, 6.45) is 4.52. The molecule has 180 valence electrons. The fourth-order valence-corrected chi connectivity index (χ4v) is 5.30. The fraction of sp³-hybridized carbons (Fsp3) is 0.367. The highest BCUT2D eigenvalue weighted by Crippen LogP contribution is 2.34. The molecule has 5 rings (SSSR count). The minimum Gasteiger partial charge on any atom is -0.466 e. The van der Waals surface area contributed by atoms with E-state index in [1.165, 1.54) is 0 Å². The second kappa shape index (κ2) is 10.0. The molecule has 1 saturated carbocycles. The Hall–Kier alpha value is -3.47. The smallest absolute Gasteiger partial charge is 0.341 e. The molecule has 35 heavy (non-hydrogen) atoms. The van der Waals surface area contributed by atoms with Gasteiger partial charge in [0.25, 0.3) is 0 Å². The van der Waals surface area contributed by atoms with Crippen LogP contribution in [-0.2, 0) is 25.5 Å². The van der Waals surface area contributed by atoms with Gasteiger partial charge in [-0.2, -0.15) is 0 Å². The van der Waals surface area contributed by atoms with E-state index in [2.05, 4.69) is 37.3 Å². The van der Waals surface area contributed by atoms with Gasteiger partial charge in [0, 0.05) is 12.0 Å². The molecule has 1 fully saturated rings. The summed E-state index contributed by atoms with van der Waals surface area (Å²) in [6, 6.07) is 18.7. The molecule has 0 N–H and O–H groups in total. The maximum absolute atomic E-state index is 13.2. The quantitative estimate of drug-likeness (QED) is 0.313. The van der Waals surface area contributed by atoms with Gasteiger partial charge in [-0.3, -0.25) is 4.79 Å². The zero-order valence-corrected chi connectivity index (χ0v) is 20.4. The summed E-state index contributed by atoms with van der Waals surface area (Å²) in [5.41, 5.74) is 2.13. The van der Waals surface area contributed by atoms with Gasteiger partial charge < -0.3 is 9.47 Å². The van der Waals surface area contributed by atoms with Crippen LogP contribution in [0.4, 0.5) is 0 Å². The second-order valence-corrected chi connectivity index (χ2v) is 9.65. The number of fused-ring (bicyclic) bond motifs is 2. The number of carbonyl (C=O) groups is 2. The average Bonchev–Trinajstić information content (AvgIpc) is 3.14. The van der Waals surface area contributed by atoms with Crippen molar-refractivity contribution in [2.75, 3.05) is 6.61 Å². The second-order valence-electron chi connectivity index (χ2n) is 9.65. The number of hydrogen-bond acceptors (Lipinski definition) is 5. The van der Waals surface area contributed by atoms with Gasteiger partial charge >= 0.3 is 11.9 Å². The van der Waals surface area contributed by atoms with Crippen molar-refractivity contribution in [2.24, 2.45) is 10.9 Å². The van der Waals surface area contributed by atoms with Gasteiger partial charge in [0.1, 0.15) is 0 Å². The molecule has 3 aromatic carbocycles. The number of nitrogens with zero attached hydrogens (tertiary/aromatic N) is 1. The highest BCUT2D eigenvalue weighted by Gasteiger charge is 2.34. The minimum absolute atomic E-state index is 0.0143. The zero-order valence-electron chi connectivity index (χ0n) is 20.4. The first-order valence-electron chi connectivity index (χ1n) is 12.6. The van der Waals surface area contributed by atoms with E-state index in [-0.39, 0.29) is 25.0 Å². The van der Waals surface area contributed by atoms with Gasteiger partial charge in [-0.05, 0) is 71.7 Å². The van der Waals surface area contributed by atoms with Gasteiger partial charge in [-0.15, -0.1) is 0 Å². The maximum atomic E-state index is 13.2. The molecule has 0 bridgehead atoms. The van der Waals surface area contributed by atoms with E-state index in [1.54, 1.807) is 6.92 Å². The summed E-state index contributed by atoms with van der Waals surface area (Å²) in [6.45, 7) is 4.33. The predicted molar refractivity (Wildman–Crippen MR) is 138 cm³/mol. The summed E-state index contributed by atoms with van der Waals surface area (Å²) in [4.78, 5) is 30.6. The van der Waals surface area contributed by atoms with Gasteiger partial charge in [-0.25, -0.2) is 9.79 Å². The number of rotatable bonds is 6. The number of carbonyl (C=O) groups excluding carboxylic acids is 2. The Bertz CT molecular complexity index is 1290. The first kappa shape index (κ1) is 23.3. The van der Waals surface area contributed by atoms with Gasteiger partial charge in [0.15, 0.2) is 0 Å². The third-order valence-electron chi connectivity index (χ3n) is 7.21. The third kappa shape index (κ3) is 4.86. The zero-order chi connectivity index (χ0) is 24.4. The Labute approximate surface area is 205 Å². The van der Waals surface area contributed by atoms with Crippen LogP contribution in [0, 0.1) is 5.92 Å². The monoisotopic (exact) mass is 469 g/mol. The Morgan fingerprint density at radius 1 is 0.971 bits per heavy atom. The van der Waals surface area contributed by atoms with Crippen LogP contribution in [0.5, 0.6) is 0 Å². The van der Waals surface area contributed by atoms with E-state index in [0.717, 1.165) is 52.8 Å². The number of esters is 2. The van der Waals surface area contributed by atoms with Crippen molar-refractivity contribution < 1.29 is 19.1 Å². The highest BCUT2D eigenvalue weighted by molar-refractivity contribution is 6.17. The van der Waals surface area contributed by atoms with E-state index < -0.39 is 5.97 Å². The van der Waals surface area contributed by atoms with Crippen molar-refractivity contribution in [3.05, 3.63) is 71.3 Å².